The molecule has 0 atom stereocenters. The Kier molecular flexibility index (Phi) is 6.53. The number of hydrogen-bond donors (Lipinski definition) is 2. The first-order valence-corrected chi connectivity index (χ1v) is 12.6. The lowest BCUT2D eigenvalue weighted by molar-refractivity contribution is -0.113. The number of thioether (sulfide) groups is 1. The second-order valence-corrected chi connectivity index (χ2v) is 10.0. The van der Waals surface area contributed by atoms with E-state index in [1.54, 1.807) is 5.38 Å². The van der Waals surface area contributed by atoms with Crippen LogP contribution < -0.4 is 10.0 Å². The Morgan fingerprint density at radius 3 is 2.53 bits per heavy atom. The van der Waals surface area contributed by atoms with E-state index >= 15 is 0 Å². The minimum absolute atomic E-state index is 0.0567. The van der Waals surface area contributed by atoms with E-state index in [2.05, 4.69) is 25.2 Å². The van der Waals surface area contributed by atoms with Gasteiger partial charge in [0, 0.05) is 22.8 Å². The van der Waals surface area contributed by atoms with E-state index in [-0.39, 0.29) is 26.9 Å². The zero-order valence-electron chi connectivity index (χ0n) is 16.7. The molecule has 0 saturated carbocycles. The van der Waals surface area contributed by atoms with Crippen molar-refractivity contribution in [3.05, 3.63) is 65.7 Å². The summed E-state index contributed by atoms with van der Waals surface area (Å²) in [7, 11) is -3.74. The van der Waals surface area contributed by atoms with Crippen LogP contribution in [-0.2, 0) is 14.8 Å². The lowest BCUT2D eigenvalue weighted by Gasteiger charge is -2.07. The van der Waals surface area contributed by atoms with E-state index < -0.39 is 10.0 Å². The predicted molar refractivity (Wildman–Crippen MR) is 123 cm³/mol. The Bertz CT molecular complexity index is 1300. The molecule has 4 aromatic rings. The first-order valence-electron chi connectivity index (χ1n) is 9.25. The van der Waals surface area contributed by atoms with Gasteiger partial charge in [-0.05, 0) is 43.3 Å². The molecule has 12 heteroatoms. The Balaban J connectivity index is 1.31. The number of rotatable bonds is 8. The van der Waals surface area contributed by atoms with Gasteiger partial charge < -0.3 is 9.73 Å². The van der Waals surface area contributed by atoms with Gasteiger partial charge in [0.25, 0.3) is 15.2 Å². The summed E-state index contributed by atoms with van der Waals surface area (Å²) in [5.74, 6) is 0.152. The molecule has 2 aromatic carbocycles. The van der Waals surface area contributed by atoms with Crippen LogP contribution in [0.25, 0.3) is 11.5 Å². The number of aryl methyl sites for hydroxylation is 1. The molecule has 9 nitrogen and oxygen atoms in total. The minimum atomic E-state index is -3.74. The molecule has 0 aliphatic carbocycles. The lowest BCUT2D eigenvalue weighted by Crippen LogP contribution is -2.15. The number of amides is 1. The maximum absolute atomic E-state index is 12.4. The third-order valence-electron chi connectivity index (χ3n) is 4.13. The van der Waals surface area contributed by atoms with Crippen molar-refractivity contribution < 1.29 is 17.6 Å². The highest BCUT2D eigenvalue weighted by Gasteiger charge is 2.16. The molecule has 0 aliphatic rings. The molecule has 2 N–H and O–H groups in total. The summed E-state index contributed by atoms with van der Waals surface area (Å²) in [5, 5.41) is 12.9. The summed E-state index contributed by atoms with van der Waals surface area (Å²) in [6.45, 7) is 1.99. The molecule has 0 saturated heterocycles. The number of nitrogens with zero attached hydrogens (tertiary/aromatic N) is 3. The van der Waals surface area contributed by atoms with E-state index in [9.17, 15) is 13.2 Å². The van der Waals surface area contributed by atoms with Gasteiger partial charge in [0.2, 0.25) is 11.8 Å². The largest absolute Gasteiger partial charge is 0.411 e. The van der Waals surface area contributed by atoms with Gasteiger partial charge in [-0.1, -0.05) is 29.5 Å². The van der Waals surface area contributed by atoms with E-state index in [0.29, 0.717) is 11.6 Å². The van der Waals surface area contributed by atoms with Gasteiger partial charge in [-0.15, -0.1) is 21.5 Å². The highest BCUT2D eigenvalue weighted by molar-refractivity contribution is 7.99. The van der Waals surface area contributed by atoms with Gasteiger partial charge in [-0.25, -0.2) is 13.4 Å². The highest BCUT2D eigenvalue weighted by atomic mass is 32.2. The van der Waals surface area contributed by atoms with Crippen LogP contribution in [0.1, 0.15) is 5.56 Å². The van der Waals surface area contributed by atoms with Crippen molar-refractivity contribution in [1.82, 2.24) is 15.2 Å². The minimum Gasteiger partial charge on any atom is -0.411 e. The summed E-state index contributed by atoms with van der Waals surface area (Å²) in [5.41, 5.74) is 2.40. The number of thiazole rings is 1. The smallest absolute Gasteiger partial charge is 0.277 e. The molecule has 0 fully saturated rings. The number of hydrogen-bond acceptors (Lipinski definition) is 9. The van der Waals surface area contributed by atoms with Crippen LogP contribution in [0.3, 0.4) is 0 Å². The van der Waals surface area contributed by atoms with Gasteiger partial charge in [0.15, 0.2) is 5.13 Å². The number of anilines is 2. The molecular formula is C20H17N5O4S3. The van der Waals surface area contributed by atoms with Crippen molar-refractivity contribution in [2.45, 2.75) is 17.0 Å². The monoisotopic (exact) mass is 487 g/mol. The summed E-state index contributed by atoms with van der Waals surface area (Å²) in [6.07, 6.45) is 1.51. The summed E-state index contributed by atoms with van der Waals surface area (Å²) >= 11 is 2.29. The molecule has 1 amide bonds. The summed E-state index contributed by atoms with van der Waals surface area (Å²) in [6, 6.07) is 13.5. The number of aromatic nitrogens is 3. The number of carbonyl (C=O) groups is 1. The van der Waals surface area contributed by atoms with Crippen molar-refractivity contribution in [3.63, 3.8) is 0 Å². The Hall–Kier alpha value is -3.22. The third-order valence-corrected chi connectivity index (χ3v) is 7.13. The average molecular weight is 488 g/mol. The molecule has 0 aliphatic heterocycles. The van der Waals surface area contributed by atoms with Crippen molar-refractivity contribution in [2.75, 3.05) is 15.8 Å². The van der Waals surface area contributed by atoms with Crippen molar-refractivity contribution in [2.24, 2.45) is 0 Å². The van der Waals surface area contributed by atoms with Crippen LogP contribution in [0, 0.1) is 6.92 Å². The number of carbonyl (C=O) groups excluding carboxylic acids is 1. The normalized spacial score (nSPS) is 11.3. The first kappa shape index (κ1) is 22.0. The first-order chi connectivity index (χ1) is 15.4. The quantitative estimate of drug-likeness (QED) is 0.357. The van der Waals surface area contributed by atoms with Crippen LogP contribution in [-0.4, -0.2) is 35.3 Å². The molecular weight excluding hydrogens is 470 g/mol. The van der Waals surface area contributed by atoms with Crippen LogP contribution in [0.4, 0.5) is 10.8 Å². The predicted octanol–water partition coefficient (Wildman–Crippen LogP) is 4.03. The van der Waals surface area contributed by atoms with Crippen molar-refractivity contribution >= 4 is 49.8 Å². The second kappa shape index (κ2) is 9.51. The number of nitrogens with one attached hydrogen (secondary N) is 2. The highest BCUT2D eigenvalue weighted by Crippen LogP contribution is 2.24. The molecule has 2 aromatic heterocycles. The lowest BCUT2D eigenvalue weighted by atomic mass is 10.1. The van der Waals surface area contributed by atoms with Crippen LogP contribution in [0.5, 0.6) is 0 Å². The van der Waals surface area contributed by atoms with Crippen LogP contribution in [0.15, 0.2) is 74.6 Å². The fraction of sp³-hybridized carbons (Fsp3) is 0.100. The molecule has 0 radical (unpaired) electrons. The Labute approximate surface area is 192 Å². The van der Waals surface area contributed by atoms with Gasteiger partial charge in [0.1, 0.15) is 0 Å². The Morgan fingerprint density at radius 1 is 1.09 bits per heavy atom. The van der Waals surface area contributed by atoms with Crippen LogP contribution in [0.2, 0.25) is 0 Å². The fourth-order valence-corrected chi connectivity index (χ4v) is 4.92. The van der Waals surface area contributed by atoms with Gasteiger partial charge in [0.05, 0.1) is 10.6 Å². The number of sulfonamides is 1. The third kappa shape index (κ3) is 5.52. The molecule has 2 heterocycles. The molecule has 4 rings (SSSR count). The molecule has 0 spiro atoms. The molecule has 0 unspecified atom stereocenters. The van der Waals surface area contributed by atoms with Gasteiger partial charge in [-0.3, -0.25) is 9.52 Å². The fourth-order valence-electron chi connectivity index (χ4n) is 2.57. The van der Waals surface area contributed by atoms with E-state index in [4.69, 9.17) is 4.42 Å². The van der Waals surface area contributed by atoms with Crippen molar-refractivity contribution in [3.8, 4) is 11.5 Å². The van der Waals surface area contributed by atoms with Gasteiger partial charge >= 0.3 is 0 Å². The molecule has 0 bridgehead atoms. The van der Waals surface area contributed by atoms with E-state index in [1.165, 1.54) is 41.8 Å². The second-order valence-electron chi connectivity index (χ2n) is 6.54. The SMILES string of the molecule is Cc1ccc(-c2nnc(SCC(=O)Nc3ccc(S(=O)(=O)Nc4nccs4)cc3)o2)cc1. The molecule has 164 valence electrons. The molecule has 32 heavy (non-hydrogen) atoms. The zero-order valence-corrected chi connectivity index (χ0v) is 19.1. The number of benzene rings is 2. The van der Waals surface area contributed by atoms with E-state index in [1.807, 2.05) is 31.2 Å². The average Bonchev–Trinajstić information content (AvgIpc) is 3.45. The maximum atomic E-state index is 12.4. The summed E-state index contributed by atoms with van der Waals surface area (Å²) < 4.78 is 32.7. The Morgan fingerprint density at radius 2 is 1.84 bits per heavy atom. The van der Waals surface area contributed by atoms with Gasteiger partial charge in [-0.2, -0.15) is 0 Å². The van der Waals surface area contributed by atoms with E-state index in [0.717, 1.165) is 22.9 Å². The van der Waals surface area contributed by atoms with Crippen molar-refractivity contribution in [1.29, 1.82) is 0 Å². The zero-order chi connectivity index (χ0) is 22.6. The van der Waals surface area contributed by atoms with Crippen LogP contribution >= 0.6 is 23.1 Å². The standard InChI is InChI=1S/C20H17N5O4S3/c1-13-2-4-14(5-3-13)18-23-24-20(29-18)31-12-17(26)22-15-6-8-16(9-7-15)32(27,28)25-19-21-10-11-30-19/h2-11H,12H2,1H3,(H,21,25)(H,22,26). The topological polar surface area (TPSA) is 127 Å². The maximum Gasteiger partial charge on any atom is 0.277 e. The summed E-state index contributed by atoms with van der Waals surface area (Å²) in [4.78, 5) is 16.2.